The molecule has 0 aliphatic rings. The van der Waals surface area contributed by atoms with Crippen molar-refractivity contribution in [3.05, 3.63) is 335 Å². The fourth-order valence-electron chi connectivity index (χ4n) is 12.8. The second-order valence-electron chi connectivity index (χ2n) is 25.7. The van der Waals surface area contributed by atoms with E-state index in [0.29, 0.717) is 41.7 Å². The minimum Gasteiger partial charge on any atom is -0.423 e. The van der Waals surface area contributed by atoms with Crippen LogP contribution in [0.1, 0.15) is 16.7 Å². The first kappa shape index (κ1) is 78.5. The summed E-state index contributed by atoms with van der Waals surface area (Å²) in [4.78, 5) is 39.6. The Labute approximate surface area is 669 Å². The van der Waals surface area contributed by atoms with Crippen molar-refractivity contribution in [1.29, 1.82) is 0 Å². The molecule has 0 saturated heterocycles. The van der Waals surface area contributed by atoms with Crippen molar-refractivity contribution in [1.82, 2.24) is 57.8 Å². The maximum absolute atomic E-state index is 15.0. The number of hydrogen-bond acceptors (Lipinski definition) is 15. The Morgan fingerprint density at radius 2 is 0.754 bits per heavy atom. The van der Waals surface area contributed by atoms with Crippen LogP contribution in [-0.4, -0.2) is 91.8 Å². The first-order valence-electron chi connectivity index (χ1n) is 34.3. The van der Waals surface area contributed by atoms with Gasteiger partial charge >= 0.3 is 7.12 Å². The zero-order chi connectivity index (χ0) is 80.3. The predicted octanol–water partition coefficient (Wildman–Crippen LogP) is 19.1. The summed E-state index contributed by atoms with van der Waals surface area (Å²) in [5.74, 6) is -4.65. The minimum atomic E-state index is -4.23. The lowest BCUT2D eigenvalue weighted by molar-refractivity contribution is 0.425. The summed E-state index contributed by atoms with van der Waals surface area (Å²) in [5.41, 5.74) is 12.1. The molecule has 17 aromatic rings. The highest BCUT2D eigenvalue weighted by atomic mass is 79.9. The van der Waals surface area contributed by atoms with Crippen LogP contribution in [0.3, 0.4) is 0 Å². The van der Waals surface area contributed by atoms with Crippen LogP contribution in [0.2, 0.25) is 5.15 Å². The van der Waals surface area contributed by atoms with Gasteiger partial charge < -0.3 is 15.0 Å². The molecule has 3 N–H and O–H groups in total. The number of fused-ring (bicyclic) bond motifs is 3. The molecule has 114 heavy (non-hydrogen) atoms. The number of H-pyrrole nitrogens is 1. The molecule has 566 valence electrons. The molecule has 0 radical (unpaired) electrons. The Kier molecular flexibility index (Phi) is 22.9. The van der Waals surface area contributed by atoms with Crippen LogP contribution in [0.25, 0.3) is 122 Å². The van der Waals surface area contributed by atoms with E-state index in [1.807, 2.05) is 57.3 Å². The molecule has 0 spiro atoms. The average molecular weight is 1710 g/mol. The molecule has 0 unspecified atom stereocenters. The van der Waals surface area contributed by atoms with E-state index in [1.165, 1.54) is 98.1 Å². The predicted molar refractivity (Wildman–Crippen MR) is 435 cm³/mol. The molecule has 18 nitrogen and oxygen atoms in total. The topological polar surface area (TPSA) is 250 Å². The third-order valence-electron chi connectivity index (χ3n) is 18.3. The van der Waals surface area contributed by atoms with Gasteiger partial charge in [-0.15, -0.1) is 0 Å². The molecule has 0 amide bonds. The maximum atomic E-state index is 15.0. The number of nitrogens with one attached hydrogen (secondary N) is 1. The van der Waals surface area contributed by atoms with Gasteiger partial charge in [-0.1, -0.05) is 79.9 Å². The van der Waals surface area contributed by atoms with E-state index in [2.05, 4.69) is 81.7 Å². The molecule has 0 bridgehead atoms. The molecule has 9 aromatic heterocycles. The highest BCUT2D eigenvalue weighted by molar-refractivity contribution is 9.10. The number of aryl methyl sites for hydroxylation is 3. The van der Waals surface area contributed by atoms with Crippen LogP contribution < -0.4 is 5.46 Å². The molecule has 0 aliphatic carbocycles. The van der Waals surface area contributed by atoms with Crippen LogP contribution in [0.15, 0.2) is 288 Å². The molecular weight excluding hydrogens is 1660 g/mol. The summed E-state index contributed by atoms with van der Waals surface area (Å²) in [6.07, 6.45) is 18.9. The van der Waals surface area contributed by atoms with Gasteiger partial charge in [0.1, 0.15) is 59.0 Å². The smallest absolute Gasteiger partial charge is 0.423 e. The fraction of sp³-hybridized carbons (Fsp3) is 0.0357. The van der Waals surface area contributed by atoms with E-state index >= 15 is 0 Å². The van der Waals surface area contributed by atoms with Crippen LogP contribution in [0.4, 0.5) is 26.3 Å². The molecular formula is C84H56BBr2ClF6N12O6S2. The van der Waals surface area contributed by atoms with E-state index < -0.39 is 73.2 Å². The number of rotatable bonds is 13. The van der Waals surface area contributed by atoms with Crippen molar-refractivity contribution < 1.29 is 53.2 Å². The molecule has 0 fully saturated rings. The number of aromatic amines is 1. The molecule has 30 heteroatoms. The number of aromatic nitrogens is 12. The van der Waals surface area contributed by atoms with E-state index in [-0.39, 0.29) is 37.8 Å². The van der Waals surface area contributed by atoms with Gasteiger partial charge in [-0.2, -0.15) is 0 Å². The van der Waals surface area contributed by atoms with E-state index in [1.54, 1.807) is 110 Å². The highest BCUT2D eigenvalue weighted by Crippen LogP contribution is 2.41. The van der Waals surface area contributed by atoms with Gasteiger partial charge in [-0.05, 0) is 212 Å². The van der Waals surface area contributed by atoms with Gasteiger partial charge in [0.15, 0.2) is 0 Å². The first-order chi connectivity index (χ1) is 54.8. The van der Waals surface area contributed by atoms with Gasteiger partial charge in [0, 0.05) is 120 Å². The zero-order valence-electron chi connectivity index (χ0n) is 59.6. The lowest BCUT2D eigenvalue weighted by atomic mass is 9.83. The lowest BCUT2D eigenvalue weighted by Gasteiger charge is -2.14. The Morgan fingerprint density at radius 1 is 0.395 bits per heavy atom. The summed E-state index contributed by atoms with van der Waals surface area (Å²) in [5, 5.41) is 19.2. The number of pyridine rings is 3. The molecule has 0 saturated carbocycles. The van der Waals surface area contributed by atoms with Crippen LogP contribution in [0.5, 0.6) is 0 Å². The van der Waals surface area contributed by atoms with Crippen LogP contribution >= 0.6 is 43.5 Å². The fourth-order valence-corrected chi connectivity index (χ4v) is 16.6. The van der Waals surface area contributed by atoms with E-state index in [9.17, 15) is 43.2 Å². The van der Waals surface area contributed by atoms with E-state index in [0.717, 1.165) is 110 Å². The van der Waals surface area contributed by atoms with Gasteiger partial charge in [0.2, 0.25) is 0 Å². The second kappa shape index (κ2) is 33.2. The van der Waals surface area contributed by atoms with Crippen molar-refractivity contribution in [3.8, 4) is 89.7 Å². The number of nitrogens with zero attached hydrogens (tertiary/aromatic N) is 11. The molecule has 0 aliphatic heterocycles. The molecule has 17 rings (SSSR count). The normalized spacial score (nSPS) is 11.4. The maximum Gasteiger partial charge on any atom is 0.491 e. The van der Waals surface area contributed by atoms with Gasteiger partial charge in [-0.3, -0.25) is 9.97 Å². The Balaban J connectivity index is 0.000000135. The van der Waals surface area contributed by atoms with Crippen molar-refractivity contribution in [2.75, 3.05) is 0 Å². The standard InChI is InChI=1S/C30H19BrF2N4O2S.C26H16BrClF2N2O2S.C24H16F2N4.C4H5BN2O2/c1-18-11-27(21-14-34-17-35-15-21)36-16-24(18)19-5-10-28-20(12-19)13-29(30-25(32)3-2-4-26(30)33)37(28)40(38,39)23-8-6-22(31)7-9-23;1-15-11-25(28)31-14-20(15)16-5-10-23-17(12-16)13-24(26-21(29)3-2-4-22(26)30)32(23)35(33,34)19-8-6-18(27)7-9-19;1-14-7-22(17-10-27-13-28-11-17)29-12-18(14)15-5-6-21-16(8-15)9-23(30-21)24-19(25)3-2-4-20(24)26;8-5(9)4-1-6-3-7-2-4/h2-17H,1H3;2-14H,1H3;2-13,30H,1H3;1-3,8-9H. The SMILES string of the molecule is Cc1cc(-c2cncnc2)ncc1-c1ccc2[nH]c(-c3c(F)cccc3F)cc2c1.Cc1cc(-c2cncnc2)ncc1-c1ccc2c(c1)cc(-c1c(F)cccc1F)n2S(=O)(=O)c1ccc(Br)cc1.Cc1cc(Cl)ncc1-c1ccc2c(c1)cc(-c1c(F)cccc1F)n2S(=O)(=O)c1ccc(Br)cc1.OB(O)c1cncnc1. The molecule has 0 atom stereocenters. The van der Waals surface area contributed by atoms with Crippen LogP contribution in [0, 0.1) is 55.7 Å². The first-order valence-corrected chi connectivity index (χ1v) is 39.1. The van der Waals surface area contributed by atoms with Crippen molar-refractivity contribution in [2.45, 2.75) is 30.6 Å². The van der Waals surface area contributed by atoms with Crippen molar-refractivity contribution in [2.24, 2.45) is 0 Å². The summed E-state index contributed by atoms with van der Waals surface area (Å²) in [7, 11) is -9.91. The number of benzene rings is 8. The summed E-state index contributed by atoms with van der Waals surface area (Å²) < 4.78 is 147. The third kappa shape index (κ3) is 16.4. The Bertz CT molecular complexity index is 6690. The minimum absolute atomic E-state index is 0.0157. The monoisotopic (exact) mass is 1710 g/mol. The lowest BCUT2D eigenvalue weighted by Crippen LogP contribution is -2.30. The van der Waals surface area contributed by atoms with E-state index in [4.69, 9.17) is 21.6 Å². The van der Waals surface area contributed by atoms with Gasteiger partial charge in [0.05, 0.1) is 66.0 Å². The van der Waals surface area contributed by atoms with Crippen molar-refractivity contribution >= 4 is 109 Å². The second-order valence-corrected chi connectivity index (χ2v) is 31.5. The quantitative estimate of drug-likeness (QED) is 0.0551. The third-order valence-corrected chi connectivity index (χ3v) is 23.1. The van der Waals surface area contributed by atoms with Gasteiger partial charge in [0.25, 0.3) is 20.0 Å². The zero-order valence-corrected chi connectivity index (χ0v) is 65.2. The highest BCUT2D eigenvalue weighted by Gasteiger charge is 2.30. The van der Waals surface area contributed by atoms with Crippen molar-refractivity contribution in [3.63, 3.8) is 0 Å². The Morgan fingerprint density at radius 3 is 1.13 bits per heavy atom. The number of halogens is 9. The van der Waals surface area contributed by atoms with Gasteiger partial charge in [-0.25, -0.2) is 86.0 Å². The van der Waals surface area contributed by atoms with Crippen LogP contribution in [-0.2, 0) is 20.0 Å². The summed E-state index contributed by atoms with van der Waals surface area (Å²) in [6, 6.07) is 49.5. The summed E-state index contributed by atoms with van der Waals surface area (Å²) >= 11 is 12.6. The average Bonchev–Trinajstić information content (AvgIpc) is 1.58. The molecule has 8 aromatic carbocycles. The Hall–Kier alpha value is -12.2. The number of hydrogen-bond donors (Lipinski definition) is 3. The molecule has 9 heterocycles. The largest absolute Gasteiger partial charge is 0.491 e. The summed E-state index contributed by atoms with van der Waals surface area (Å²) in [6.45, 7) is 5.85.